The summed E-state index contributed by atoms with van der Waals surface area (Å²) in [5.74, 6) is -1.10. The summed E-state index contributed by atoms with van der Waals surface area (Å²) in [4.78, 5) is 15.2. The fourth-order valence-electron chi connectivity index (χ4n) is 2.54. The van der Waals surface area contributed by atoms with Gasteiger partial charge in [0.05, 0.1) is 10.6 Å². The maximum atomic E-state index is 12.8. The molecule has 8 nitrogen and oxygen atoms in total. The number of anilines is 2. The highest BCUT2D eigenvalue weighted by Crippen LogP contribution is 2.28. The molecule has 164 valence electrons. The average molecular weight is 453 g/mol. The summed E-state index contributed by atoms with van der Waals surface area (Å²) < 4.78 is 65.0. The smallest absolute Gasteiger partial charge is 0.318 e. The first kappa shape index (κ1) is 22.3. The molecule has 0 spiro atoms. The van der Waals surface area contributed by atoms with Crippen LogP contribution in [0, 0.1) is 0 Å². The van der Waals surface area contributed by atoms with E-state index in [0.717, 1.165) is 24.3 Å². The van der Waals surface area contributed by atoms with Crippen molar-refractivity contribution in [2.75, 3.05) is 10.0 Å². The Morgan fingerprint density at radius 1 is 1.06 bits per heavy atom. The maximum Gasteiger partial charge on any atom is 0.471 e. The van der Waals surface area contributed by atoms with E-state index in [2.05, 4.69) is 19.9 Å². The van der Waals surface area contributed by atoms with Crippen LogP contribution < -0.4 is 10.0 Å². The predicted molar refractivity (Wildman–Crippen MR) is 108 cm³/mol. The van der Waals surface area contributed by atoms with E-state index in [-0.39, 0.29) is 22.2 Å². The third-order valence-electron chi connectivity index (χ3n) is 4.14. The van der Waals surface area contributed by atoms with Crippen LogP contribution in [0.25, 0.3) is 11.4 Å². The lowest BCUT2D eigenvalue weighted by Crippen LogP contribution is -2.29. The van der Waals surface area contributed by atoms with E-state index in [4.69, 9.17) is 0 Å². The second-order valence-electron chi connectivity index (χ2n) is 6.83. The van der Waals surface area contributed by atoms with Crippen LogP contribution in [0.3, 0.4) is 0 Å². The number of carbonyl (C=O) groups excluding carboxylic acids is 1. The number of aromatic amines is 1. The normalized spacial score (nSPS) is 12.1. The van der Waals surface area contributed by atoms with Crippen LogP contribution in [-0.2, 0) is 14.8 Å². The van der Waals surface area contributed by atoms with Crippen molar-refractivity contribution in [1.29, 1.82) is 0 Å². The van der Waals surface area contributed by atoms with E-state index >= 15 is 0 Å². The van der Waals surface area contributed by atoms with Crippen molar-refractivity contribution >= 4 is 27.3 Å². The Labute approximate surface area is 176 Å². The van der Waals surface area contributed by atoms with Crippen LogP contribution in [0.2, 0.25) is 0 Å². The number of benzene rings is 2. The molecule has 0 aliphatic heterocycles. The van der Waals surface area contributed by atoms with Crippen molar-refractivity contribution in [2.45, 2.75) is 30.8 Å². The standard InChI is InChI=1S/C19H18F3N5O3S/c1-11(2)16-24-17(26-25-16)14-5-3-4-6-15(14)27-31(29,30)13-9-7-12(8-10-13)23-18(28)19(20,21)22/h3-11,27H,1-2H3,(H,23,28)(H,24,25,26). The van der Waals surface area contributed by atoms with Gasteiger partial charge in [-0.05, 0) is 36.4 Å². The average Bonchev–Trinajstić information content (AvgIpc) is 3.18. The molecule has 3 N–H and O–H groups in total. The minimum absolute atomic E-state index is 0.0986. The molecule has 3 aromatic rings. The van der Waals surface area contributed by atoms with Crippen LogP contribution in [0.4, 0.5) is 24.5 Å². The predicted octanol–water partition coefficient (Wildman–Crippen LogP) is 3.90. The van der Waals surface area contributed by atoms with Gasteiger partial charge in [-0.3, -0.25) is 14.6 Å². The summed E-state index contributed by atoms with van der Waals surface area (Å²) in [7, 11) is -4.08. The molecule has 0 bridgehead atoms. The van der Waals surface area contributed by atoms with E-state index in [1.807, 2.05) is 13.8 Å². The van der Waals surface area contributed by atoms with Crippen LogP contribution in [0.15, 0.2) is 53.4 Å². The maximum absolute atomic E-state index is 12.8. The summed E-state index contributed by atoms with van der Waals surface area (Å²) in [5, 5.41) is 8.58. The zero-order valence-electron chi connectivity index (χ0n) is 16.4. The third-order valence-corrected chi connectivity index (χ3v) is 5.52. The van der Waals surface area contributed by atoms with E-state index in [1.165, 1.54) is 6.07 Å². The zero-order chi connectivity index (χ0) is 22.8. The van der Waals surface area contributed by atoms with Gasteiger partial charge in [-0.2, -0.15) is 18.3 Å². The van der Waals surface area contributed by atoms with Crippen molar-refractivity contribution in [3.63, 3.8) is 0 Å². The Balaban J connectivity index is 1.84. The Hall–Kier alpha value is -3.41. The number of amides is 1. The van der Waals surface area contributed by atoms with Gasteiger partial charge in [0, 0.05) is 17.2 Å². The highest BCUT2D eigenvalue weighted by Gasteiger charge is 2.38. The molecule has 0 saturated carbocycles. The number of para-hydroxylation sites is 1. The first-order chi connectivity index (χ1) is 14.5. The van der Waals surface area contributed by atoms with Crippen LogP contribution in [0.5, 0.6) is 0 Å². The molecule has 1 amide bonds. The molecule has 1 heterocycles. The number of carbonyl (C=O) groups is 1. The number of nitrogens with one attached hydrogen (secondary N) is 3. The quantitative estimate of drug-likeness (QED) is 0.523. The van der Waals surface area contributed by atoms with Crippen molar-refractivity contribution < 1.29 is 26.4 Å². The van der Waals surface area contributed by atoms with Gasteiger partial charge in [0.15, 0.2) is 5.82 Å². The lowest BCUT2D eigenvalue weighted by Gasteiger charge is -2.12. The molecule has 0 aliphatic carbocycles. The first-order valence-electron chi connectivity index (χ1n) is 9.00. The number of hydrogen-bond acceptors (Lipinski definition) is 5. The molecule has 3 rings (SSSR count). The molecule has 0 atom stereocenters. The molecule has 31 heavy (non-hydrogen) atoms. The second kappa shape index (κ2) is 8.38. The molecule has 2 aromatic carbocycles. The molecule has 0 fully saturated rings. The minimum atomic E-state index is -5.05. The van der Waals surface area contributed by atoms with Crippen LogP contribution in [-0.4, -0.2) is 35.7 Å². The van der Waals surface area contributed by atoms with Gasteiger partial charge in [-0.25, -0.2) is 13.4 Å². The molecular weight excluding hydrogens is 435 g/mol. The number of aromatic nitrogens is 3. The van der Waals surface area contributed by atoms with Crippen molar-refractivity contribution in [3.8, 4) is 11.4 Å². The molecule has 0 aliphatic rings. The second-order valence-corrected chi connectivity index (χ2v) is 8.51. The molecule has 0 saturated heterocycles. The van der Waals surface area contributed by atoms with Gasteiger partial charge in [0.1, 0.15) is 5.82 Å². The fraction of sp³-hybridized carbons (Fsp3) is 0.211. The summed E-state index contributed by atoms with van der Waals surface area (Å²) in [6, 6.07) is 10.8. The molecule has 1 aromatic heterocycles. The largest absolute Gasteiger partial charge is 0.471 e. The van der Waals surface area contributed by atoms with Gasteiger partial charge in [-0.1, -0.05) is 26.0 Å². The lowest BCUT2D eigenvalue weighted by atomic mass is 10.1. The highest BCUT2D eigenvalue weighted by molar-refractivity contribution is 7.92. The van der Waals surface area contributed by atoms with Crippen molar-refractivity contribution in [2.24, 2.45) is 0 Å². The Kier molecular flexibility index (Phi) is 6.02. The topological polar surface area (TPSA) is 117 Å². The van der Waals surface area contributed by atoms with Gasteiger partial charge >= 0.3 is 12.1 Å². The van der Waals surface area contributed by atoms with E-state index < -0.39 is 22.1 Å². The van der Waals surface area contributed by atoms with Crippen LogP contribution >= 0.6 is 0 Å². The highest BCUT2D eigenvalue weighted by atomic mass is 32.2. The Bertz CT molecular complexity index is 1190. The first-order valence-corrected chi connectivity index (χ1v) is 10.5. The van der Waals surface area contributed by atoms with Crippen molar-refractivity contribution in [3.05, 3.63) is 54.4 Å². The van der Waals surface area contributed by atoms with E-state index in [1.54, 1.807) is 23.5 Å². The fourth-order valence-corrected chi connectivity index (χ4v) is 3.62. The monoisotopic (exact) mass is 453 g/mol. The van der Waals surface area contributed by atoms with Crippen molar-refractivity contribution in [1.82, 2.24) is 15.2 Å². The number of rotatable bonds is 6. The Morgan fingerprint density at radius 3 is 2.29 bits per heavy atom. The molecule has 0 radical (unpaired) electrons. The summed E-state index contributed by atoms with van der Waals surface area (Å²) in [6.07, 6.45) is -5.05. The van der Waals surface area contributed by atoms with E-state index in [0.29, 0.717) is 17.2 Å². The van der Waals surface area contributed by atoms with Gasteiger partial charge in [-0.15, -0.1) is 0 Å². The van der Waals surface area contributed by atoms with Gasteiger partial charge in [0.2, 0.25) is 0 Å². The van der Waals surface area contributed by atoms with Crippen LogP contribution in [0.1, 0.15) is 25.6 Å². The van der Waals surface area contributed by atoms with Gasteiger partial charge in [0.25, 0.3) is 10.0 Å². The zero-order valence-corrected chi connectivity index (χ0v) is 17.2. The molecule has 0 unspecified atom stereocenters. The lowest BCUT2D eigenvalue weighted by molar-refractivity contribution is -0.167. The number of hydrogen-bond donors (Lipinski definition) is 3. The Morgan fingerprint density at radius 2 is 1.71 bits per heavy atom. The number of sulfonamides is 1. The number of nitrogens with zero attached hydrogens (tertiary/aromatic N) is 2. The number of alkyl halides is 3. The number of H-pyrrole nitrogens is 1. The van der Waals surface area contributed by atoms with Gasteiger partial charge < -0.3 is 5.32 Å². The summed E-state index contributed by atoms with van der Waals surface area (Å²) >= 11 is 0. The SMILES string of the molecule is CC(C)c1nc(-c2ccccc2NS(=O)(=O)c2ccc(NC(=O)C(F)(F)F)cc2)n[nH]1. The van der Waals surface area contributed by atoms with E-state index in [9.17, 15) is 26.4 Å². The minimum Gasteiger partial charge on any atom is -0.318 e. The molecule has 12 heteroatoms. The summed E-state index contributed by atoms with van der Waals surface area (Å²) in [6.45, 7) is 3.86. The summed E-state index contributed by atoms with van der Waals surface area (Å²) in [5.41, 5.74) is 0.484. The number of halogens is 3. The third kappa shape index (κ3) is 5.20. The molecular formula is C19H18F3N5O3S.